The molecule has 0 fully saturated rings. The summed E-state index contributed by atoms with van der Waals surface area (Å²) in [5.41, 5.74) is 5.47. The van der Waals surface area contributed by atoms with Crippen LogP contribution in [0.3, 0.4) is 0 Å². The molecule has 13 nitrogen and oxygen atoms in total. The molecule has 1 aliphatic rings. The summed E-state index contributed by atoms with van der Waals surface area (Å²) < 4.78 is 5.64. The third-order valence-electron chi connectivity index (χ3n) is 6.83. The van der Waals surface area contributed by atoms with Gasteiger partial charge in [-0.15, -0.1) is 0 Å². The van der Waals surface area contributed by atoms with Gasteiger partial charge in [0.15, 0.2) is 11.7 Å². The summed E-state index contributed by atoms with van der Waals surface area (Å²) in [4.78, 5) is 36.8. The van der Waals surface area contributed by atoms with Gasteiger partial charge in [0.1, 0.15) is 18.3 Å². The highest BCUT2D eigenvalue weighted by Crippen LogP contribution is 2.23. The van der Waals surface area contributed by atoms with E-state index in [2.05, 4.69) is 89.0 Å². The lowest BCUT2D eigenvalue weighted by Gasteiger charge is -2.40. The second-order valence-corrected chi connectivity index (χ2v) is 10.9. The topological polar surface area (TPSA) is 219 Å². The molecule has 3 amide bonds. The highest BCUT2D eigenvalue weighted by Gasteiger charge is 2.43. The fraction of sp³-hybridized carbons (Fsp3) is 0.529. The zero-order valence-electron chi connectivity index (χ0n) is 27.6. The van der Waals surface area contributed by atoms with Crippen molar-refractivity contribution in [2.45, 2.75) is 95.6 Å². The Bertz CT molecular complexity index is 1150. The van der Waals surface area contributed by atoms with Gasteiger partial charge in [0.2, 0.25) is 11.8 Å². The standard InChI is InChI=1S/C34H54N6O7/c1-3-4-5-6-7-8-9-10-11-12-13-14-15-16-17-18-19-20-29(44)37-21-22-38-33(46)28-23-26(40-34(35)36)30(39-25(2)42)32(47-28)31(45)27(43)24-41/h4-5,7-8,10-11,13-14,16-17,23,26-27,30-32,41,43,45H,3,6,9,12,15,18-22,24H2,1-2H3,(H,37,44)(H,38,46)(H,39,42)(H4,35,36,40)/b5-4-,8-7-,11-10-,14-13-,17-16-/t26-,27-,30-,31-,32?/m1/s1. The molecule has 1 unspecified atom stereocenters. The number of carbonyl (C=O) groups excluding carboxylic acids is 3. The van der Waals surface area contributed by atoms with Crippen molar-refractivity contribution in [2.24, 2.45) is 5.73 Å². The minimum absolute atomic E-state index is 0.0759. The van der Waals surface area contributed by atoms with E-state index in [-0.39, 0.29) is 24.8 Å². The zero-order valence-corrected chi connectivity index (χ0v) is 27.6. The Morgan fingerprint density at radius 2 is 1.47 bits per heavy atom. The van der Waals surface area contributed by atoms with Crippen molar-refractivity contribution < 1.29 is 34.4 Å². The van der Waals surface area contributed by atoms with Crippen LogP contribution < -0.4 is 27.0 Å². The molecule has 0 bridgehead atoms. The van der Waals surface area contributed by atoms with Gasteiger partial charge in [0.05, 0.1) is 18.7 Å². The molecular weight excluding hydrogens is 604 g/mol. The number of aliphatic hydroxyl groups is 3. The molecule has 47 heavy (non-hydrogen) atoms. The van der Waals surface area contributed by atoms with E-state index in [0.717, 1.165) is 38.5 Å². The van der Waals surface area contributed by atoms with Crippen LogP contribution in [-0.2, 0) is 19.1 Å². The van der Waals surface area contributed by atoms with Gasteiger partial charge >= 0.3 is 0 Å². The van der Waals surface area contributed by atoms with Crippen molar-refractivity contribution in [2.75, 3.05) is 19.7 Å². The number of rotatable bonds is 22. The summed E-state index contributed by atoms with van der Waals surface area (Å²) >= 11 is 0. The number of nitrogens with one attached hydrogen (secondary N) is 5. The van der Waals surface area contributed by atoms with E-state index in [0.29, 0.717) is 12.8 Å². The number of unbranched alkanes of at least 4 members (excludes halogenated alkanes) is 1. The van der Waals surface area contributed by atoms with Gasteiger partial charge in [-0.2, -0.15) is 0 Å². The summed E-state index contributed by atoms with van der Waals surface area (Å²) in [6.07, 6.45) is 24.5. The van der Waals surface area contributed by atoms with E-state index in [1.54, 1.807) is 0 Å². The van der Waals surface area contributed by atoms with Crippen LogP contribution >= 0.6 is 0 Å². The van der Waals surface area contributed by atoms with E-state index in [1.165, 1.54) is 13.0 Å². The molecule has 5 atom stereocenters. The summed E-state index contributed by atoms with van der Waals surface area (Å²) in [6.45, 7) is 2.79. The number of nitrogens with two attached hydrogens (primary N) is 1. The summed E-state index contributed by atoms with van der Waals surface area (Å²) in [6, 6.07) is -2.00. The fourth-order valence-electron chi connectivity index (χ4n) is 4.49. The van der Waals surface area contributed by atoms with Crippen molar-refractivity contribution in [3.63, 3.8) is 0 Å². The number of carbonyl (C=O) groups is 3. The maximum Gasteiger partial charge on any atom is 0.286 e. The van der Waals surface area contributed by atoms with Crippen LogP contribution in [-0.4, -0.2) is 89.1 Å². The Balaban J connectivity index is 2.39. The number of hydrogen-bond acceptors (Lipinski definition) is 8. The minimum atomic E-state index is -1.70. The molecule has 0 aromatic carbocycles. The molecule has 0 spiro atoms. The lowest BCUT2D eigenvalue weighted by atomic mass is 9.92. The summed E-state index contributed by atoms with van der Waals surface area (Å²) in [5, 5.41) is 47.9. The molecule has 1 aliphatic heterocycles. The van der Waals surface area contributed by atoms with Crippen molar-refractivity contribution in [3.05, 3.63) is 72.6 Å². The fourth-order valence-corrected chi connectivity index (χ4v) is 4.49. The van der Waals surface area contributed by atoms with Gasteiger partial charge in [-0.1, -0.05) is 67.7 Å². The van der Waals surface area contributed by atoms with E-state index < -0.39 is 54.8 Å². The van der Waals surface area contributed by atoms with Crippen LogP contribution in [0.1, 0.15) is 65.2 Å². The number of aliphatic hydroxyl groups excluding tert-OH is 3. The SMILES string of the molecule is CC/C=C\C/C=C\C/C=C\C/C=C\C/C=C\CCCC(=O)NCCNC(=O)C1=C[C@@H](NC(=N)N)[C@@H](NC(C)=O)C([C@H](O)[C@H](O)CO)O1. The number of hydrogen-bond donors (Lipinski definition) is 9. The lowest BCUT2D eigenvalue weighted by molar-refractivity contribution is -0.134. The highest BCUT2D eigenvalue weighted by atomic mass is 16.5. The van der Waals surface area contributed by atoms with Crippen molar-refractivity contribution in [3.8, 4) is 0 Å². The van der Waals surface area contributed by atoms with Crippen LogP contribution in [0.15, 0.2) is 72.6 Å². The van der Waals surface area contributed by atoms with Crippen LogP contribution in [0.25, 0.3) is 0 Å². The third-order valence-corrected chi connectivity index (χ3v) is 6.83. The first-order chi connectivity index (χ1) is 22.6. The van der Waals surface area contributed by atoms with Crippen molar-refractivity contribution >= 4 is 23.7 Å². The predicted molar refractivity (Wildman–Crippen MR) is 183 cm³/mol. The first-order valence-electron chi connectivity index (χ1n) is 16.1. The Hall–Kier alpha value is -4.20. The Kier molecular flexibility index (Phi) is 21.7. The van der Waals surface area contributed by atoms with Crippen LogP contribution in [0.5, 0.6) is 0 Å². The largest absolute Gasteiger partial charge is 0.480 e. The van der Waals surface area contributed by atoms with Gasteiger partial charge in [-0.05, 0) is 51.0 Å². The molecule has 10 N–H and O–H groups in total. The second kappa shape index (κ2) is 25.0. The maximum atomic E-state index is 12.8. The minimum Gasteiger partial charge on any atom is -0.480 e. The predicted octanol–water partition coefficient (Wildman–Crippen LogP) is 1.49. The van der Waals surface area contributed by atoms with E-state index in [9.17, 15) is 29.7 Å². The van der Waals surface area contributed by atoms with E-state index >= 15 is 0 Å². The normalized spacial score (nSPS) is 19.6. The molecule has 262 valence electrons. The van der Waals surface area contributed by atoms with Gasteiger partial charge in [0.25, 0.3) is 5.91 Å². The van der Waals surface area contributed by atoms with Crippen molar-refractivity contribution in [1.29, 1.82) is 5.41 Å². The number of amides is 3. The second-order valence-electron chi connectivity index (χ2n) is 10.9. The number of allylic oxidation sites excluding steroid dienone is 10. The molecule has 0 aromatic heterocycles. The van der Waals surface area contributed by atoms with Crippen LogP contribution in [0.4, 0.5) is 0 Å². The first-order valence-corrected chi connectivity index (χ1v) is 16.1. The monoisotopic (exact) mass is 658 g/mol. The lowest BCUT2D eigenvalue weighted by Crippen LogP contribution is -2.64. The first kappa shape index (κ1) is 40.8. The average molecular weight is 659 g/mol. The van der Waals surface area contributed by atoms with Gasteiger partial charge in [-0.3, -0.25) is 19.8 Å². The van der Waals surface area contributed by atoms with Crippen LogP contribution in [0, 0.1) is 5.41 Å². The van der Waals surface area contributed by atoms with Crippen molar-refractivity contribution in [1.82, 2.24) is 21.3 Å². The van der Waals surface area contributed by atoms with Crippen LogP contribution in [0.2, 0.25) is 0 Å². The molecular formula is C34H54N6O7. The Morgan fingerprint density at radius 3 is 2.00 bits per heavy atom. The Morgan fingerprint density at radius 1 is 0.915 bits per heavy atom. The zero-order chi connectivity index (χ0) is 34.9. The molecule has 1 heterocycles. The van der Waals surface area contributed by atoms with E-state index in [4.69, 9.17) is 15.9 Å². The molecule has 0 saturated heterocycles. The molecule has 0 aliphatic carbocycles. The smallest absolute Gasteiger partial charge is 0.286 e. The highest BCUT2D eigenvalue weighted by molar-refractivity contribution is 5.92. The summed E-state index contributed by atoms with van der Waals surface area (Å²) in [7, 11) is 0. The maximum absolute atomic E-state index is 12.8. The molecule has 0 saturated carbocycles. The third kappa shape index (κ3) is 18.5. The Labute approximate surface area is 278 Å². The molecule has 1 rings (SSSR count). The molecule has 0 radical (unpaired) electrons. The van der Waals surface area contributed by atoms with Gasteiger partial charge in [0, 0.05) is 26.4 Å². The van der Waals surface area contributed by atoms with Gasteiger partial charge < -0.3 is 47.1 Å². The number of guanidine groups is 1. The quantitative estimate of drug-likeness (QED) is 0.0356. The summed E-state index contributed by atoms with van der Waals surface area (Å²) in [5.74, 6) is -2.07. The number of ether oxygens (including phenoxy) is 1. The average Bonchev–Trinajstić information content (AvgIpc) is 3.03. The van der Waals surface area contributed by atoms with Gasteiger partial charge in [-0.25, -0.2) is 0 Å². The molecule has 13 heteroatoms. The molecule has 0 aromatic rings. The van der Waals surface area contributed by atoms with E-state index in [1.807, 2.05) is 0 Å².